The quantitative estimate of drug-likeness (QED) is 0.486. The Balaban J connectivity index is 2.02. The van der Waals surface area contributed by atoms with Crippen LogP contribution in [0.1, 0.15) is 18.4 Å². The number of nitrogens with one attached hydrogen (secondary N) is 2. The van der Waals surface area contributed by atoms with E-state index < -0.39 is 37.9 Å². The van der Waals surface area contributed by atoms with Gasteiger partial charge in [0, 0.05) is 5.02 Å². The van der Waals surface area contributed by atoms with Crippen LogP contribution < -0.4 is 10.0 Å². The van der Waals surface area contributed by atoms with Crippen LogP contribution in [-0.4, -0.2) is 13.7 Å². The fourth-order valence-corrected chi connectivity index (χ4v) is 4.62. The van der Waals surface area contributed by atoms with Crippen molar-refractivity contribution in [3.8, 4) is 0 Å². The van der Waals surface area contributed by atoms with E-state index in [2.05, 4.69) is 10.0 Å². The Hall–Kier alpha value is -1.42. The van der Waals surface area contributed by atoms with E-state index in [1.54, 1.807) is 0 Å². The fourth-order valence-electron chi connectivity index (χ4n) is 2.38. The van der Waals surface area contributed by atoms with E-state index in [9.17, 15) is 26.0 Å². The first-order chi connectivity index (χ1) is 12.9. The molecule has 0 amide bonds. The highest BCUT2D eigenvalue weighted by molar-refractivity contribution is 7.93. The second kappa shape index (κ2) is 7.44. The average Bonchev–Trinajstić information content (AvgIpc) is 3.38. The number of alkyl halides is 3. The SMILES string of the molecule is O=S(=O)(Nc1c(Cl)cc(Cl)cc1Nc1cc(F)c(C(F)(F)F)cc1Cl)C1CC1. The molecule has 1 aliphatic rings. The Labute approximate surface area is 172 Å². The molecule has 0 aromatic heterocycles. The van der Waals surface area contributed by atoms with Gasteiger partial charge in [0.1, 0.15) is 5.82 Å². The lowest BCUT2D eigenvalue weighted by Crippen LogP contribution is -2.18. The maximum atomic E-state index is 13.9. The zero-order valence-electron chi connectivity index (χ0n) is 13.7. The van der Waals surface area contributed by atoms with Crippen molar-refractivity contribution in [2.75, 3.05) is 10.0 Å². The van der Waals surface area contributed by atoms with Gasteiger partial charge in [-0.15, -0.1) is 0 Å². The topological polar surface area (TPSA) is 58.2 Å². The molecular formula is C16H11Cl3F4N2O2S. The molecule has 12 heteroatoms. The summed E-state index contributed by atoms with van der Waals surface area (Å²) in [7, 11) is -3.71. The van der Waals surface area contributed by atoms with Gasteiger partial charge < -0.3 is 5.32 Å². The van der Waals surface area contributed by atoms with Gasteiger partial charge >= 0.3 is 6.18 Å². The van der Waals surface area contributed by atoms with Crippen LogP contribution in [0.4, 0.5) is 34.6 Å². The summed E-state index contributed by atoms with van der Waals surface area (Å²) in [6.07, 6.45) is -3.92. The van der Waals surface area contributed by atoms with Gasteiger partial charge in [-0.1, -0.05) is 34.8 Å². The number of hydrogen-bond acceptors (Lipinski definition) is 3. The highest BCUT2D eigenvalue weighted by Gasteiger charge is 2.37. The summed E-state index contributed by atoms with van der Waals surface area (Å²) in [6, 6.07) is 3.55. The van der Waals surface area contributed by atoms with Gasteiger partial charge in [0.25, 0.3) is 0 Å². The smallest absolute Gasteiger partial charge is 0.352 e. The molecule has 0 bridgehead atoms. The zero-order valence-corrected chi connectivity index (χ0v) is 16.8. The molecule has 1 fully saturated rings. The molecule has 0 heterocycles. The molecule has 1 saturated carbocycles. The molecule has 0 saturated heterocycles. The van der Waals surface area contributed by atoms with Gasteiger partial charge in [-0.2, -0.15) is 13.2 Å². The molecule has 152 valence electrons. The molecule has 28 heavy (non-hydrogen) atoms. The summed E-state index contributed by atoms with van der Waals surface area (Å²) < 4.78 is 79.1. The van der Waals surface area contributed by atoms with Crippen molar-refractivity contribution in [2.24, 2.45) is 0 Å². The van der Waals surface area contributed by atoms with Crippen molar-refractivity contribution in [3.63, 3.8) is 0 Å². The predicted octanol–water partition coefficient (Wildman–Crippen LogP) is 6.45. The van der Waals surface area contributed by atoms with Gasteiger partial charge in [0.05, 0.1) is 37.9 Å². The third-order valence-electron chi connectivity index (χ3n) is 3.89. The maximum absolute atomic E-state index is 13.9. The van der Waals surface area contributed by atoms with Gasteiger partial charge in [-0.05, 0) is 37.1 Å². The van der Waals surface area contributed by atoms with Crippen molar-refractivity contribution >= 4 is 61.9 Å². The molecule has 0 spiro atoms. The zero-order chi connectivity index (χ0) is 20.9. The van der Waals surface area contributed by atoms with E-state index >= 15 is 0 Å². The highest BCUT2D eigenvalue weighted by Crippen LogP contribution is 2.41. The highest BCUT2D eigenvalue weighted by atomic mass is 35.5. The molecule has 2 aromatic rings. The second-order valence-electron chi connectivity index (χ2n) is 6.09. The molecule has 0 aliphatic heterocycles. The molecule has 0 atom stereocenters. The Kier molecular flexibility index (Phi) is 5.66. The normalized spacial score (nSPS) is 14.8. The second-order valence-corrected chi connectivity index (χ2v) is 9.30. The molecule has 1 aliphatic carbocycles. The van der Waals surface area contributed by atoms with E-state index in [0.29, 0.717) is 25.0 Å². The van der Waals surface area contributed by atoms with Crippen LogP contribution in [0.15, 0.2) is 24.3 Å². The van der Waals surface area contributed by atoms with Crippen LogP contribution in [0.2, 0.25) is 15.1 Å². The first kappa shape index (κ1) is 21.3. The van der Waals surface area contributed by atoms with Crippen molar-refractivity contribution in [2.45, 2.75) is 24.3 Å². The average molecular weight is 478 g/mol. The predicted molar refractivity (Wildman–Crippen MR) is 102 cm³/mol. The molecule has 2 aromatic carbocycles. The van der Waals surface area contributed by atoms with E-state index in [1.165, 1.54) is 12.1 Å². The van der Waals surface area contributed by atoms with Crippen LogP contribution in [0.25, 0.3) is 0 Å². The molecule has 4 nitrogen and oxygen atoms in total. The first-order valence-corrected chi connectivity index (χ1v) is 10.4. The van der Waals surface area contributed by atoms with Crippen LogP contribution in [-0.2, 0) is 16.2 Å². The summed E-state index contributed by atoms with van der Waals surface area (Å²) in [5.74, 6) is -1.55. The summed E-state index contributed by atoms with van der Waals surface area (Å²) in [4.78, 5) is 0. The third kappa shape index (κ3) is 4.59. The lowest BCUT2D eigenvalue weighted by molar-refractivity contribution is -0.139. The number of anilines is 3. The molecule has 0 radical (unpaired) electrons. The van der Waals surface area contributed by atoms with Gasteiger partial charge in [0.2, 0.25) is 10.0 Å². The minimum atomic E-state index is -4.92. The lowest BCUT2D eigenvalue weighted by atomic mass is 10.1. The molecule has 3 rings (SSSR count). The van der Waals surface area contributed by atoms with E-state index in [-0.39, 0.29) is 27.1 Å². The van der Waals surface area contributed by atoms with Crippen molar-refractivity contribution in [1.29, 1.82) is 0 Å². The minimum Gasteiger partial charge on any atom is -0.352 e. The Morgan fingerprint density at radius 1 is 0.964 bits per heavy atom. The number of benzene rings is 2. The summed E-state index contributed by atoms with van der Waals surface area (Å²) in [5, 5.41) is 1.67. The lowest BCUT2D eigenvalue weighted by Gasteiger charge is -2.18. The Morgan fingerprint density at radius 2 is 1.61 bits per heavy atom. The van der Waals surface area contributed by atoms with E-state index in [4.69, 9.17) is 34.8 Å². The number of sulfonamides is 1. The number of halogens is 7. The third-order valence-corrected chi connectivity index (χ3v) is 6.56. The molecule has 0 unspecified atom stereocenters. The van der Waals surface area contributed by atoms with Crippen molar-refractivity contribution in [1.82, 2.24) is 0 Å². The maximum Gasteiger partial charge on any atom is 0.419 e. The van der Waals surface area contributed by atoms with Crippen molar-refractivity contribution < 1.29 is 26.0 Å². The largest absolute Gasteiger partial charge is 0.419 e. The molecular weight excluding hydrogens is 467 g/mol. The van der Waals surface area contributed by atoms with Crippen LogP contribution in [0, 0.1) is 5.82 Å². The Morgan fingerprint density at radius 3 is 2.18 bits per heavy atom. The van der Waals surface area contributed by atoms with Crippen LogP contribution in [0.5, 0.6) is 0 Å². The molecule has 2 N–H and O–H groups in total. The van der Waals surface area contributed by atoms with Gasteiger partial charge in [0.15, 0.2) is 0 Å². The summed E-state index contributed by atoms with van der Waals surface area (Å²) in [5.41, 5.74) is -1.82. The fraction of sp³-hybridized carbons (Fsp3) is 0.250. The minimum absolute atomic E-state index is 0.00258. The number of rotatable bonds is 5. The first-order valence-electron chi connectivity index (χ1n) is 7.72. The summed E-state index contributed by atoms with van der Waals surface area (Å²) >= 11 is 17.9. The monoisotopic (exact) mass is 476 g/mol. The van der Waals surface area contributed by atoms with E-state index in [1.807, 2.05) is 0 Å². The Bertz CT molecular complexity index is 1040. The van der Waals surface area contributed by atoms with Crippen LogP contribution in [0.3, 0.4) is 0 Å². The van der Waals surface area contributed by atoms with Crippen molar-refractivity contribution in [3.05, 3.63) is 50.7 Å². The van der Waals surface area contributed by atoms with Gasteiger partial charge in [-0.25, -0.2) is 12.8 Å². The number of hydrogen-bond donors (Lipinski definition) is 2. The van der Waals surface area contributed by atoms with Crippen LogP contribution >= 0.6 is 34.8 Å². The van der Waals surface area contributed by atoms with E-state index in [0.717, 1.165) is 0 Å². The standard InChI is InChI=1S/C16H11Cl3F4N2O2S/c17-7-3-11(19)15(25-28(26,27)8-1-2-8)14(4-7)24-13-6-12(20)9(5-10(13)18)16(21,22)23/h3-6,8,24-25H,1-2H2. The summed E-state index contributed by atoms with van der Waals surface area (Å²) in [6.45, 7) is 0. The van der Waals surface area contributed by atoms with Gasteiger partial charge in [-0.3, -0.25) is 4.72 Å².